The third kappa shape index (κ3) is 3.32. The highest BCUT2D eigenvalue weighted by Gasteiger charge is 2.34. The van der Waals surface area contributed by atoms with Gasteiger partial charge in [-0.05, 0) is 40.2 Å². The number of nitrogens with one attached hydrogen (secondary N) is 1. The minimum absolute atomic E-state index is 0.308. The molecule has 1 aromatic rings. The highest BCUT2D eigenvalue weighted by Crippen LogP contribution is 2.21. The van der Waals surface area contributed by atoms with Crippen LogP contribution < -0.4 is 5.32 Å². The summed E-state index contributed by atoms with van der Waals surface area (Å²) in [6.07, 6.45) is 0. The van der Waals surface area contributed by atoms with Crippen molar-refractivity contribution in [1.29, 1.82) is 0 Å². The molecule has 2 nitrogen and oxygen atoms in total. The third-order valence-corrected chi connectivity index (χ3v) is 3.38. The second-order valence-electron chi connectivity index (χ2n) is 5.52. The summed E-state index contributed by atoms with van der Waals surface area (Å²) in [5.74, 6) is 0. The Balaban J connectivity index is 2.61. The fraction of sp³-hybridized carbons (Fsp3) is 0.571. The van der Waals surface area contributed by atoms with Gasteiger partial charge in [0.15, 0.2) is 0 Å². The molecule has 90 valence electrons. The standard InChI is InChI=1S/C14H23NO/c1-11-6-8-12(9-7-11)10-15-13(2,3)14(4,5)16/h6-9,15-16H,10H2,1-5H3. The Morgan fingerprint density at radius 2 is 1.56 bits per heavy atom. The highest BCUT2D eigenvalue weighted by molar-refractivity contribution is 5.21. The van der Waals surface area contributed by atoms with E-state index in [2.05, 4.69) is 36.5 Å². The van der Waals surface area contributed by atoms with E-state index in [4.69, 9.17) is 0 Å². The molecular weight excluding hydrogens is 198 g/mol. The van der Waals surface area contributed by atoms with Gasteiger partial charge >= 0.3 is 0 Å². The molecule has 16 heavy (non-hydrogen) atoms. The van der Waals surface area contributed by atoms with Crippen LogP contribution in [0.25, 0.3) is 0 Å². The van der Waals surface area contributed by atoms with E-state index < -0.39 is 5.60 Å². The Morgan fingerprint density at radius 3 is 2.00 bits per heavy atom. The summed E-state index contributed by atoms with van der Waals surface area (Å²) in [5.41, 5.74) is 1.46. The zero-order valence-electron chi connectivity index (χ0n) is 11.0. The largest absolute Gasteiger partial charge is 0.389 e. The van der Waals surface area contributed by atoms with Crippen LogP contribution in [0.3, 0.4) is 0 Å². The number of hydrogen-bond donors (Lipinski definition) is 2. The fourth-order valence-corrected chi connectivity index (χ4v) is 1.25. The number of rotatable bonds is 4. The first-order valence-electron chi connectivity index (χ1n) is 5.75. The molecule has 0 aliphatic carbocycles. The first-order valence-corrected chi connectivity index (χ1v) is 5.75. The van der Waals surface area contributed by atoms with Gasteiger partial charge in [0.25, 0.3) is 0 Å². The molecule has 0 aromatic heterocycles. The second kappa shape index (κ2) is 4.56. The number of benzene rings is 1. The zero-order chi connectivity index (χ0) is 12.4. The van der Waals surface area contributed by atoms with Gasteiger partial charge in [-0.1, -0.05) is 29.8 Å². The third-order valence-electron chi connectivity index (χ3n) is 3.38. The van der Waals surface area contributed by atoms with Crippen molar-refractivity contribution in [3.05, 3.63) is 35.4 Å². The summed E-state index contributed by atoms with van der Waals surface area (Å²) in [7, 11) is 0. The van der Waals surface area contributed by atoms with Gasteiger partial charge in [-0.3, -0.25) is 0 Å². The van der Waals surface area contributed by atoms with E-state index in [1.807, 2.05) is 27.7 Å². The molecular formula is C14H23NO. The lowest BCUT2D eigenvalue weighted by Crippen LogP contribution is -2.55. The van der Waals surface area contributed by atoms with Crippen LogP contribution in [0.15, 0.2) is 24.3 Å². The van der Waals surface area contributed by atoms with Gasteiger partial charge in [0.05, 0.1) is 5.60 Å². The van der Waals surface area contributed by atoms with Gasteiger partial charge < -0.3 is 10.4 Å². The summed E-state index contributed by atoms with van der Waals surface area (Å²) >= 11 is 0. The van der Waals surface area contributed by atoms with Crippen LogP contribution in [-0.2, 0) is 6.54 Å². The lowest BCUT2D eigenvalue weighted by molar-refractivity contribution is -0.00531. The Kier molecular flexibility index (Phi) is 3.76. The van der Waals surface area contributed by atoms with Crippen molar-refractivity contribution in [2.75, 3.05) is 0 Å². The van der Waals surface area contributed by atoms with Crippen molar-refractivity contribution in [3.63, 3.8) is 0 Å². The molecule has 0 heterocycles. The van der Waals surface area contributed by atoms with Crippen molar-refractivity contribution < 1.29 is 5.11 Å². The van der Waals surface area contributed by atoms with E-state index in [-0.39, 0.29) is 5.54 Å². The molecule has 1 aromatic carbocycles. The van der Waals surface area contributed by atoms with Gasteiger partial charge in [0.2, 0.25) is 0 Å². The molecule has 0 aliphatic heterocycles. The monoisotopic (exact) mass is 221 g/mol. The normalized spacial score (nSPS) is 12.9. The number of hydrogen-bond acceptors (Lipinski definition) is 2. The van der Waals surface area contributed by atoms with Gasteiger partial charge in [-0.15, -0.1) is 0 Å². The second-order valence-corrected chi connectivity index (χ2v) is 5.52. The van der Waals surface area contributed by atoms with Crippen molar-refractivity contribution in [2.24, 2.45) is 0 Å². The Bertz CT molecular complexity index is 333. The highest BCUT2D eigenvalue weighted by atomic mass is 16.3. The molecule has 1 rings (SSSR count). The van der Waals surface area contributed by atoms with Crippen LogP contribution in [0.5, 0.6) is 0 Å². The maximum atomic E-state index is 10.0. The van der Waals surface area contributed by atoms with Crippen molar-refractivity contribution in [3.8, 4) is 0 Å². The van der Waals surface area contributed by atoms with E-state index >= 15 is 0 Å². The summed E-state index contributed by atoms with van der Waals surface area (Å²) < 4.78 is 0. The van der Waals surface area contributed by atoms with Crippen LogP contribution in [0.4, 0.5) is 0 Å². The van der Waals surface area contributed by atoms with E-state index in [1.165, 1.54) is 11.1 Å². The molecule has 0 unspecified atom stereocenters. The van der Waals surface area contributed by atoms with Crippen LogP contribution >= 0.6 is 0 Å². The summed E-state index contributed by atoms with van der Waals surface area (Å²) in [5, 5.41) is 13.4. The Hall–Kier alpha value is -0.860. The molecule has 0 spiro atoms. The molecule has 0 atom stereocenters. The van der Waals surface area contributed by atoms with E-state index in [9.17, 15) is 5.11 Å². The van der Waals surface area contributed by atoms with E-state index in [0.717, 1.165) is 6.54 Å². The maximum Gasteiger partial charge on any atom is 0.0767 e. The van der Waals surface area contributed by atoms with Crippen LogP contribution in [0, 0.1) is 6.92 Å². The molecule has 2 N–H and O–H groups in total. The van der Waals surface area contributed by atoms with Crippen molar-refractivity contribution in [2.45, 2.75) is 52.3 Å². The molecule has 0 radical (unpaired) electrons. The molecule has 0 fully saturated rings. The lowest BCUT2D eigenvalue weighted by Gasteiger charge is -2.38. The SMILES string of the molecule is Cc1ccc(CNC(C)(C)C(C)(C)O)cc1. The topological polar surface area (TPSA) is 32.3 Å². The number of aliphatic hydroxyl groups is 1. The average Bonchev–Trinajstić information content (AvgIpc) is 2.15. The molecule has 0 amide bonds. The van der Waals surface area contributed by atoms with Crippen LogP contribution in [0.1, 0.15) is 38.8 Å². The first kappa shape index (κ1) is 13.2. The lowest BCUT2D eigenvalue weighted by atomic mass is 9.86. The predicted octanol–water partition coefficient (Wildman–Crippen LogP) is 2.63. The van der Waals surface area contributed by atoms with E-state index in [1.54, 1.807) is 0 Å². The van der Waals surface area contributed by atoms with Gasteiger partial charge in [0.1, 0.15) is 0 Å². The minimum atomic E-state index is -0.738. The van der Waals surface area contributed by atoms with Gasteiger partial charge in [0, 0.05) is 12.1 Å². The van der Waals surface area contributed by atoms with Gasteiger partial charge in [-0.2, -0.15) is 0 Å². The van der Waals surface area contributed by atoms with Crippen LogP contribution in [0.2, 0.25) is 0 Å². The first-order chi connectivity index (χ1) is 7.22. The molecule has 0 saturated carbocycles. The molecule has 0 aliphatic rings. The summed E-state index contributed by atoms with van der Waals surface area (Å²) in [6, 6.07) is 8.44. The van der Waals surface area contributed by atoms with E-state index in [0.29, 0.717) is 0 Å². The molecule has 0 saturated heterocycles. The van der Waals surface area contributed by atoms with Crippen molar-refractivity contribution >= 4 is 0 Å². The maximum absolute atomic E-state index is 10.0. The van der Waals surface area contributed by atoms with Crippen molar-refractivity contribution in [1.82, 2.24) is 5.32 Å². The zero-order valence-corrected chi connectivity index (χ0v) is 11.0. The fourth-order valence-electron chi connectivity index (χ4n) is 1.25. The number of aryl methyl sites for hydroxylation is 1. The quantitative estimate of drug-likeness (QED) is 0.819. The Morgan fingerprint density at radius 1 is 1.06 bits per heavy atom. The smallest absolute Gasteiger partial charge is 0.0767 e. The predicted molar refractivity (Wildman–Crippen MR) is 68.4 cm³/mol. The average molecular weight is 221 g/mol. The summed E-state index contributed by atoms with van der Waals surface area (Å²) in [4.78, 5) is 0. The summed E-state index contributed by atoms with van der Waals surface area (Å²) in [6.45, 7) is 10.5. The minimum Gasteiger partial charge on any atom is -0.389 e. The molecule has 2 heteroatoms. The van der Waals surface area contributed by atoms with Gasteiger partial charge in [-0.25, -0.2) is 0 Å². The molecule has 0 bridgehead atoms. The Labute approximate surface area is 98.7 Å². The van der Waals surface area contributed by atoms with Crippen LogP contribution in [-0.4, -0.2) is 16.2 Å².